The lowest BCUT2D eigenvalue weighted by Crippen LogP contribution is -2.48. The van der Waals surface area contributed by atoms with Crippen LogP contribution in [0.5, 0.6) is 0 Å². The van der Waals surface area contributed by atoms with Gasteiger partial charge in [-0.05, 0) is 19.4 Å². The Morgan fingerprint density at radius 2 is 1.75 bits per heavy atom. The number of aryl methyl sites for hydroxylation is 1. The molecule has 0 bridgehead atoms. The van der Waals surface area contributed by atoms with Crippen LogP contribution in [0.1, 0.15) is 25.0 Å². The molecule has 16 heavy (non-hydrogen) atoms. The second-order valence-electron chi connectivity index (χ2n) is 3.98. The number of carbonyl (C=O) groups is 2. The highest BCUT2D eigenvalue weighted by Crippen LogP contribution is 2.21. The smallest absolute Gasteiger partial charge is 0.333 e. The van der Waals surface area contributed by atoms with Gasteiger partial charge in [-0.15, -0.1) is 0 Å². The fourth-order valence-electron chi connectivity index (χ4n) is 1.49. The van der Waals surface area contributed by atoms with Gasteiger partial charge in [-0.1, -0.05) is 29.8 Å². The van der Waals surface area contributed by atoms with Crippen LogP contribution in [0, 0.1) is 6.92 Å². The summed E-state index contributed by atoms with van der Waals surface area (Å²) in [6.45, 7) is 4.69. The lowest BCUT2D eigenvalue weighted by Gasteiger charge is -2.26. The van der Waals surface area contributed by atoms with Crippen molar-refractivity contribution in [2.45, 2.75) is 26.3 Å². The first-order chi connectivity index (χ1) is 7.36. The number of carboxylic acid groups (broad SMARTS) is 1. The minimum Gasteiger partial charge on any atom is -0.479 e. The van der Waals surface area contributed by atoms with Gasteiger partial charge in [0.05, 0.1) is 0 Å². The van der Waals surface area contributed by atoms with Crippen LogP contribution in [0.2, 0.25) is 0 Å². The van der Waals surface area contributed by atoms with E-state index in [-0.39, 0.29) is 5.91 Å². The minimum absolute atomic E-state index is 0.370. The molecule has 1 rings (SSSR count). The van der Waals surface area contributed by atoms with E-state index in [1.807, 2.05) is 19.1 Å². The number of nitrogens with one attached hydrogen (secondary N) is 1. The highest BCUT2D eigenvalue weighted by Gasteiger charge is 2.35. The summed E-state index contributed by atoms with van der Waals surface area (Å²) < 4.78 is 0. The van der Waals surface area contributed by atoms with Gasteiger partial charge in [0.1, 0.15) is 0 Å². The summed E-state index contributed by atoms with van der Waals surface area (Å²) in [5.74, 6) is -1.45. The molecule has 1 atom stereocenters. The molecule has 1 aromatic carbocycles. The summed E-state index contributed by atoms with van der Waals surface area (Å²) in [7, 11) is 0. The maximum atomic E-state index is 11.2. The first-order valence-electron chi connectivity index (χ1n) is 4.95. The van der Waals surface area contributed by atoms with Gasteiger partial charge in [0.2, 0.25) is 5.91 Å². The first kappa shape index (κ1) is 12.2. The van der Waals surface area contributed by atoms with E-state index in [0.29, 0.717) is 5.56 Å². The van der Waals surface area contributed by atoms with E-state index in [1.165, 1.54) is 13.8 Å². The molecule has 0 heterocycles. The average molecular weight is 221 g/mol. The third-order valence-corrected chi connectivity index (χ3v) is 2.48. The van der Waals surface area contributed by atoms with Crippen LogP contribution < -0.4 is 5.32 Å². The standard InChI is InChI=1S/C12H15NO3/c1-8-4-6-10(7-5-8)12(3,11(15)16)13-9(2)14/h4-7H,1-3H3,(H,13,14)(H,15,16). The van der Waals surface area contributed by atoms with Gasteiger partial charge in [0, 0.05) is 6.92 Å². The fourth-order valence-corrected chi connectivity index (χ4v) is 1.49. The van der Waals surface area contributed by atoms with Crippen molar-refractivity contribution in [1.82, 2.24) is 5.32 Å². The molecule has 2 N–H and O–H groups in total. The molecule has 86 valence electrons. The molecule has 1 aromatic rings. The SMILES string of the molecule is CC(=O)NC(C)(C(=O)O)c1ccc(C)cc1. The molecule has 0 aliphatic carbocycles. The lowest BCUT2D eigenvalue weighted by atomic mass is 9.91. The number of amides is 1. The predicted molar refractivity (Wildman–Crippen MR) is 60.0 cm³/mol. The molecular formula is C12H15NO3. The Hall–Kier alpha value is -1.84. The Kier molecular flexibility index (Phi) is 3.32. The first-order valence-corrected chi connectivity index (χ1v) is 4.95. The van der Waals surface area contributed by atoms with Crippen molar-refractivity contribution >= 4 is 11.9 Å². The molecule has 0 saturated carbocycles. The number of benzene rings is 1. The Labute approximate surface area is 94.3 Å². The maximum absolute atomic E-state index is 11.2. The predicted octanol–water partition coefficient (Wildman–Crippen LogP) is 1.43. The van der Waals surface area contributed by atoms with Crippen molar-refractivity contribution in [1.29, 1.82) is 0 Å². The van der Waals surface area contributed by atoms with Crippen LogP contribution >= 0.6 is 0 Å². The van der Waals surface area contributed by atoms with E-state index in [4.69, 9.17) is 0 Å². The van der Waals surface area contributed by atoms with Crippen molar-refractivity contribution in [2.75, 3.05) is 0 Å². The molecule has 0 radical (unpaired) electrons. The Morgan fingerprint density at radius 3 is 2.12 bits per heavy atom. The van der Waals surface area contributed by atoms with Gasteiger partial charge in [0.25, 0.3) is 0 Å². The van der Waals surface area contributed by atoms with Crippen molar-refractivity contribution in [2.24, 2.45) is 0 Å². The molecule has 1 amide bonds. The van der Waals surface area contributed by atoms with Crippen LogP contribution in [0.15, 0.2) is 24.3 Å². The van der Waals surface area contributed by atoms with E-state index >= 15 is 0 Å². The molecule has 1 unspecified atom stereocenters. The van der Waals surface area contributed by atoms with Crippen LogP contribution in [-0.2, 0) is 15.1 Å². The number of rotatable bonds is 3. The van der Waals surface area contributed by atoms with Gasteiger partial charge >= 0.3 is 5.97 Å². The van der Waals surface area contributed by atoms with Crippen molar-refractivity contribution < 1.29 is 14.7 Å². The number of carbonyl (C=O) groups excluding carboxylic acids is 1. The monoisotopic (exact) mass is 221 g/mol. The van der Waals surface area contributed by atoms with E-state index < -0.39 is 11.5 Å². The Balaban J connectivity index is 3.16. The molecule has 0 saturated heterocycles. The summed E-state index contributed by atoms with van der Waals surface area (Å²) in [6, 6.07) is 7.05. The molecule has 0 aliphatic rings. The Bertz CT molecular complexity index is 411. The van der Waals surface area contributed by atoms with Crippen LogP contribution in [0.3, 0.4) is 0 Å². The third-order valence-electron chi connectivity index (χ3n) is 2.48. The normalized spacial score (nSPS) is 13.9. The van der Waals surface area contributed by atoms with Gasteiger partial charge in [-0.2, -0.15) is 0 Å². The second-order valence-corrected chi connectivity index (χ2v) is 3.98. The van der Waals surface area contributed by atoms with Crippen molar-refractivity contribution in [3.63, 3.8) is 0 Å². The maximum Gasteiger partial charge on any atom is 0.333 e. The Morgan fingerprint density at radius 1 is 1.25 bits per heavy atom. The van der Waals surface area contributed by atoms with Gasteiger partial charge in [0.15, 0.2) is 5.54 Å². The highest BCUT2D eigenvalue weighted by molar-refractivity contribution is 5.86. The largest absolute Gasteiger partial charge is 0.479 e. The summed E-state index contributed by atoms with van der Waals surface area (Å²) in [5, 5.41) is 11.6. The van der Waals surface area contributed by atoms with Crippen LogP contribution in [0.25, 0.3) is 0 Å². The molecule has 0 aliphatic heterocycles. The lowest BCUT2D eigenvalue weighted by molar-refractivity contribution is -0.147. The van der Waals surface area contributed by atoms with Crippen LogP contribution in [0.4, 0.5) is 0 Å². The highest BCUT2D eigenvalue weighted by atomic mass is 16.4. The summed E-state index contributed by atoms with van der Waals surface area (Å²) in [4.78, 5) is 22.3. The number of carboxylic acids is 1. The van der Waals surface area contributed by atoms with Gasteiger partial charge < -0.3 is 10.4 Å². The van der Waals surface area contributed by atoms with E-state index in [1.54, 1.807) is 12.1 Å². The zero-order valence-electron chi connectivity index (χ0n) is 9.57. The number of aliphatic carboxylic acids is 1. The topological polar surface area (TPSA) is 66.4 Å². The molecule has 0 aromatic heterocycles. The second kappa shape index (κ2) is 4.35. The molecule has 0 spiro atoms. The summed E-state index contributed by atoms with van der Waals surface area (Å²) >= 11 is 0. The fraction of sp³-hybridized carbons (Fsp3) is 0.333. The van der Waals surface area contributed by atoms with Crippen molar-refractivity contribution in [3.05, 3.63) is 35.4 Å². The molecule has 0 fully saturated rings. The number of hydrogen-bond donors (Lipinski definition) is 2. The average Bonchev–Trinajstić information content (AvgIpc) is 2.17. The molecular weight excluding hydrogens is 206 g/mol. The van der Waals surface area contributed by atoms with Crippen LogP contribution in [-0.4, -0.2) is 17.0 Å². The summed E-state index contributed by atoms with van der Waals surface area (Å²) in [5.41, 5.74) is 0.222. The third kappa shape index (κ3) is 2.39. The zero-order valence-corrected chi connectivity index (χ0v) is 9.57. The van der Waals surface area contributed by atoms with Crippen molar-refractivity contribution in [3.8, 4) is 0 Å². The van der Waals surface area contributed by atoms with Gasteiger partial charge in [-0.3, -0.25) is 4.79 Å². The molecule has 4 nitrogen and oxygen atoms in total. The number of hydrogen-bond acceptors (Lipinski definition) is 2. The molecule has 4 heteroatoms. The zero-order chi connectivity index (χ0) is 12.3. The van der Waals surface area contributed by atoms with E-state index in [0.717, 1.165) is 5.56 Å². The van der Waals surface area contributed by atoms with E-state index in [2.05, 4.69) is 5.32 Å². The summed E-state index contributed by atoms with van der Waals surface area (Å²) in [6.07, 6.45) is 0. The quantitative estimate of drug-likeness (QED) is 0.811. The van der Waals surface area contributed by atoms with E-state index in [9.17, 15) is 14.7 Å². The van der Waals surface area contributed by atoms with Gasteiger partial charge in [-0.25, -0.2) is 4.79 Å². The minimum atomic E-state index is -1.38.